The van der Waals surface area contributed by atoms with E-state index in [1.807, 2.05) is 19.1 Å². The molecule has 124 valence electrons. The molecule has 0 atom stereocenters. The smallest absolute Gasteiger partial charge is 0.258 e. The third-order valence-corrected chi connectivity index (χ3v) is 4.66. The first-order valence-corrected chi connectivity index (χ1v) is 9.15. The van der Waals surface area contributed by atoms with Gasteiger partial charge in [-0.25, -0.2) is 13.4 Å². The van der Waals surface area contributed by atoms with Gasteiger partial charge in [-0.3, -0.25) is 9.20 Å². The second kappa shape index (κ2) is 6.09. The second-order valence-electron chi connectivity index (χ2n) is 5.48. The second-order valence-corrected chi connectivity index (χ2v) is 7.50. The van der Waals surface area contributed by atoms with Gasteiger partial charge in [-0.1, -0.05) is 12.1 Å². The molecule has 0 bridgehead atoms. The van der Waals surface area contributed by atoms with E-state index >= 15 is 0 Å². The third-order valence-electron chi connectivity index (χ3n) is 3.55. The normalized spacial score (nSPS) is 11.6. The number of sulfone groups is 1. The molecular weight excluding hydrogens is 328 g/mol. The van der Waals surface area contributed by atoms with Gasteiger partial charge in [0.25, 0.3) is 5.56 Å². The fourth-order valence-corrected chi connectivity index (χ4v) is 3.05. The highest BCUT2D eigenvalue weighted by atomic mass is 32.2. The van der Waals surface area contributed by atoms with Gasteiger partial charge in [0.15, 0.2) is 9.84 Å². The Kier molecular flexibility index (Phi) is 4.11. The first-order chi connectivity index (χ1) is 11.3. The summed E-state index contributed by atoms with van der Waals surface area (Å²) in [5.74, 6) is 0.407. The number of pyridine rings is 1. The van der Waals surface area contributed by atoms with Gasteiger partial charge in [-0.2, -0.15) is 0 Å². The van der Waals surface area contributed by atoms with Crippen LogP contribution in [0, 0.1) is 6.92 Å². The minimum Gasteiger partial charge on any atom is -0.487 e. The zero-order valence-electron chi connectivity index (χ0n) is 13.3. The van der Waals surface area contributed by atoms with Crippen molar-refractivity contribution in [1.82, 2.24) is 9.38 Å². The summed E-state index contributed by atoms with van der Waals surface area (Å²) in [6.45, 7) is 1.91. The molecule has 0 aliphatic carbocycles. The lowest BCUT2D eigenvalue weighted by molar-refractivity contribution is 0.300. The molecule has 0 radical (unpaired) electrons. The van der Waals surface area contributed by atoms with Crippen LogP contribution in [0.5, 0.6) is 5.75 Å². The van der Waals surface area contributed by atoms with Crippen molar-refractivity contribution < 1.29 is 13.2 Å². The van der Waals surface area contributed by atoms with E-state index in [1.165, 1.54) is 22.6 Å². The van der Waals surface area contributed by atoms with Gasteiger partial charge in [-0.05, 0) is 37.3 Å². The summed E-state index contributed by atoms with van der Waals surface area (Å²) in [6.07, 6.45) is 1.14. The molecule has 1 aromatic carbocycles. The van der Waals surface area contributed by atoms with Crippen molar-refractivity contribution >= 4 is 15.5 Å². The number of benzene rings is 1. The van der Waals surface area contributed by atoms with Gasteiger partial charge >= 0.3 is 0 Å². The number of fused-ring (bicyclic) bond motifs is 1. The molecule has 0 fully saturated rings. The molecule has 0 unspecified atom stereocenters. The van der Waals surface area contributed by atoms with Crippen molar-refractivity contribution in [2.24, 2.45) is 0 Å². The van der Waals surface area contributed by atoms with Gasteiger partial charge in [0.1, 0.15) is 18.0 Å². The summed E-state index contributed by atoms with van der Waals surface area (Å²) in [7, 11) is -3.30. The van der Waals surface area contributed by atoms with Crippen LogP contribution < -0.4 is 10.3 Å². The van der Waals surface area contributed by atoms with Gasteiger partial charge in [-0.15, -0.1) is 0 Å². The molecular formula is C17H16N2O4S. The van der Waals surface area contributed by atoms with Crippen LogP contribution >= 0.6 is 0 Å². The number of ether oxygens (including phenoxy) is 1. The Balaban J connectivity index is 1.88. The lowest BCUT2D eigenvalue weighted by atomic mass is 10.3. The monoisotopic (exact) mass is 344 g/mol. The summed E-state index contributed by atoms with van der Waals surface area (Å²) in [5, 5.41) is 0. The van der Waals surface area contributed by atoms with Crippen LogP contribution in [0.3, 0.4) is 0 Å². The number of hydrogen-bond donors (Lipinski definition) is 0. The summed E-state index contributed by atoms with van der Waals surface area (Å²) >= 11 is 0. The van der Waals surface area contributed by atoms with Crippen LogP contribution in [0.2, 0.25) is 0 Å². The van der Waals surface area contributed by atoms with E-state index in [-0.39, 0.29) is 17.1 Å². The quantitative estimate of drug-likeness (QED) is 0.723. The van der Waals surface area contributed by atoms with Gasteiger partial charge in [0.05, 0.1) is 10.6 Å². The first-order valence-electron chi connectivity index (χ1n) is 7.26. The highest BCUT2D eigenvalue weighted by molar-refractivity contribution is 7.90. The molecule has 0 aliphatic rings. The third kappa shape index (κ3) is 3.30. The van der Waals surface area contributed by atoms with Crippen LogP contribution in [0.25, 0.3) is 5.65 Å². The van der Waals surface area contributed by atoms with Crippen molar-refractivity contribution in [2.45, 2.75) is 18.4 Å². The topological polar surface area (TPSA) is 77.7 Å². The first kappa shape index (κ1) is 16.2. The van der Waals surface area contributed by atoms with E-state index in [0.29, 0.717) is 17.1 Å². The van der Waals surface area contributed by atoms with Crippen molar-refractivity contribution in [3.63, 3.8) is 0 Å². The summed E-state index contributed by atoms with van der Waals surface area (Å²) in [4.78, 5) is 16.8. The standard InChI is InChI=1S/C17H16N2O4S/c1-12-5-3-8-16-18-13(9-17(20)19(12)16)11-23-14-6-4-7-15(10-14)24(2,21)22/h3-10H,11H2,1-2H3. The van der Waals surface area contributed by atoms with Crippen LogP contribution in [-0.2, 0) is 16.4 Å². The molecule has 0 spiro atoms. The van der Waals surface area contributed by atoms with Crippen molar-refractivity contribution in [1.29, 1.82) is 0 Å². The van der Waals surface area contributed by atoms with Crippen molar-refractivity contribution in [3.05, 3.63) is 70.3 Å². The largest absolute Gasteiger partial charge is 0.487 e. The molecule has 7 heteroatoms. The fourth-order valence-electron chi connectivity index (χ4n) is 2.39. The van der Waals surface area contributed by atoms with Crippen molar-refractivity contribution in [3.8, 4) is 5.75 Å². The van der Waals surface area contributed by atoms with E-state index in [4.69, 9.17) is 4.74 Å². The Hall–Kier alpha value is -2.67. The maximum absolute atomic E-state index is 12.2. The average molecular weight is 344 g/mol. The molecule has 0 amide bonds. The SMILES string of the molecule is Cc1cccc2nc(COc3cccc(S(C)(=O)=O)c3)cc(=O)n12. The molecule has 6 nitrogen and oxygen atoms in total. The number of hydrogen-bond acceptors (Lipinski definition) is 5. The molecule has 24 heavy (non-hydrogen) atoms. The van der Waals surface area contributed by atoms with E-state index in [9.17, 15) is 13.2 Å². The Morgan fingerprint density at radius 3 is 2.62 bits per heavy atom. The minimum atomic E-state index is -3.30. The van der Waals surface area contributed by atoms with E-state index in [2.05, 4.69) is 4.98 Å². The summed E-state index contributed by atoms with van der Waals surface area (Å²) in [6, 6.07) is 13.1. The molecule has 3 rings (SSSR count). The highest BCUT2D eigenvalue weighted by Crippen LogP contribution is 2.18. The predicted molar refractivity (Wildman–Crippen MR) is 90.1 cm³/mol. The van der Waals surface area contributed by atoms with Gasteiger partial charge in [0, 0.05) is 18.0 Å². The number of rotatable bonds is 4. The molecule has 0 saturated heterocycles. The Bertz CT molecular complexity index is 1070. The molecule has 0 aliphatic heterocycles. The fraction of sp³-hybridized carbons (Fsp3) is 0.176. The molecule has 0 saturated carbocycles. The maximum Gasteiger partial charge on any atom is 0.258 e. The Labute approximate surface area is 139 Å². The zero-order valence-corrected chi connectivity index (χ0v) is 14.1. The summed E-state index contributed by atoms with van der Waals surface area (Å²) < 4.78 is 30.2. The van der Waals surface area contributed by atoms with E-state index in [0.717, 1.165) is 11.9 Å². The van der Waals surface area contributed by atoms with Crippen molar-refractivity contribution in [2.75, 3.05) is 6.26 Å². The lowest BCUT2D eigenvalue weighted by Gasteiger charge is -2.09. The zero-order chi connectivity index (χ0) is 17.3. The number of aromatic nitrogens is 2. The molecule has 0 N–H and O–H groups in total. The van der Waals surface area contributed by atoms with Crippen LogP contribution in [0.4, 0.5) is 0 Å². The molecule has 2 heterocycles. The van der Waals surface area contributed by atoms with Crippen LogP contribution in [0.15, 0.2) is 58.2 Å². The molecule has 2 aromatic heterocycles. The Morgan fingerprint density at radius 1 is 1.12 bits per heavy atom. The van der Waals surface area contributed by atoms with E-state index in [1.54, 1.807) is 18.2 Å². The van der Waals surface area contributed by atoms with Crippen LogP contribution in [-0.4, -0.2) is 24.1 Å². The van der Waals surface area contributed by atoms with Gasteiger partial charge < -0.3 is 4.74 Å². The highest BCUT2D eigenvalue weighted by Gasteiger charge is 2.09. The average Bonchev–Trinajstić information content (AvgIpc) is 2.52. The minimum absolute atomic E-state index is 0.0763. The number of nitrogens with zero attached hydrogens (tertiary/aromatic N) is 2. The molecule has 3 aromatic rings. The Morgan fingerprint density at radius 2 is 1.88 bits per heavy atom. The van der Waals surface area contributed by atoms with Crippen LogP contribution in [0.1, 0.15) is 11.4 Å². The lowest BCUT2D eigenvalue weighted by Crippen LogP contribution is -2.18. The summed E-state index contributed by atoms with van der Waals surface area (Å²) in [5.41, 5.74) is 1.65. The predicted octanol–water partition coefficient (Wildman–Crippen LogP) is 1.99. The number of aryl methyl sites for hydroxylation is 1. The van der Waals surface area contributed by atoms with Gasteiger partial charge in [0.2, 0.25) is 0 Å². The van der Waals surface area contributed by atoms with E-state index < -0.39 is 9.84 Å². The maximum atomic E-state index is 12.2.